The van der Waals surface area contributed by atoms with E-state index in [0.29, 0.717) is 24.0 Å². The number of nitrogens with one attached hydrogen (secondary N) is 1. The molecule has 1 N–H and O–H groups in total. The number of amides is 1. The van der Waals surface area contributed by atoms with Gasteiger partial charge in [0.05, 0.1) is 12.1 Å². The number of likely N-dealkylation sites (tertiary alicyclic amines) is 1. The van der Waals surface area contributed by atoms with Crippen LogP contribution in [0.4, 0.5) is 0 Å². The molecule has 0 spiro atoms. The molecule has 2 aromatic rings. The molecule has 1 aliphatic rings. The molecule has 0 saturated carbocycles. The third-order valence-corrected chi connectivity index (χ3v) is 5.60. The Kier molecular flexibility index (Phi) is 6.88. The zero-order chi connectivity index (χ0) is 18.4. The number of carbonyl (C=O) groups excluding carboxylic acids is 1. The fourth-order valence-electron chi connectivity index (χ4n) is 3.19. The van der Waals surface area contributed by atoms with E-state index in [1.165, 1.54) is 17.8 Å². The predicted octanol–water partition coefficient (Wildman–Crippen LogP) is 3.38. The number of hydrogen-bond acceptors (Lipinski definition) is 5. The summed E-state index contributed by atoms with van der Waals surface area (Å²) in [4.78, 5) is 19.1. The van der Waals surface area contributed by atoms with Gasteiger partial charge < -0.3 is 15.0 Å². The van der Waals surface area contributed by atoms with Crippen LogP contribution in [0.1, 0.15) is 23.5 Å². The molecule has 1 saturated heterocycles. The molecule has 1 atom stereocenters. The Balaban J connectivity index is 1.49. The lowest BCUT2D eigenvalue weighted by Gasteiger charge is -2.32. The van der Waals surface area contributed by atoms with Crippen LogP contribution < -0.4 is 10.1 Å². The Morgan fingerprint density at radius 3 is 3.00 bits per heavy atom. The van der Waals surface area contributed by atoms with E-state index in [2.05, 4.69) is 10.3 Å². The second-order valence-corrected chi connectivity index (χ2v) is 7.94. The minimum absolute atomic E-state index is 0.168. The molecule has 1 unspecified atom stereocenters. The summed E-state index contributed by atoms with van der Waals surface area (Å²) in [6.07, 6.45) is 2.63. The van der Waals surface area contributed by atoms with E-state index in [1.807, 2.05) is 29.5 Å². The van der Waals surface area contributed by atoms with Gasteiger partial charge in [-0.1, -0.05) is 11.6 Å². The molecule has 0 aliphatic carbocycles. The van der Waals surface area contributed by atoms with Crippen molar-refractivity contribution in [2.75, 3.05) is 26.7 Å². The third kappa shape index (κ3) is 5.43. The Hall–Kier alpha value is -1.63. The van der Waals surface area contributed by atoms with Gasteiger partial charge in [-0.3, -0.25) is 4.79 Å². The predicted molar refractivity (Wildman–Crippen MR) is 105 cm³/mol. The average molecular weight is 394 g/mol. The standard InChI is InChI=1S/C19H24ClN3O2S/c1-21-10-14-3-2-8-23(11-14)19(24)9-16-13-26-18(22-16)12-25-17-6-4-15(20)5-7-17/h4-7,13-14,21H,2-3,8-12H2,1H3. The monoisotopic (exact) mass is 393 g/mol. The van der Waals surface area contributed by atoms with Crippen molar-refractivity contribution in [3.8, 4) is 5.75 Å². The zero-order valence-electron chi connectivity index (χ0n) is 14.9. The maximum Gasteiger partial charge on any atom is 0.228 e. The van der Waals surface area contributed by atoms with Crippen molar-refractivity contribution >= 4 is 28.8 Å². The van der Waals surface area contributed by atoms with Gasteiger partial charge in [0.1, 0.15) is 17.4 Å². The van der Waals surface area contributed by atoms with E-state index < -0.39 is 0 Å². The topological polar surface area (TPSA) is 54.5 Å². The van der Waals surface area contributed by atoms with E-state index in [1.54, 1.807) is 12.1 Å². The normalized spacial score (nSPS) is 17.3. The minimum Gasteiger partial charge on any atom is -0.486 e. The quantitative estimate of drug-likeness (QED) is 0.783. The Morgan fingerprint density at radius 1 is 1.42 bits per heavy atom. The lowest BCUT2D eigenvalue weighted by atomic mass is 9.98. The number of ether oxygens (including phenoxy) is 1. The van der Waals surface area contributed by atoms with E-state index in [9.17, 15) is 4.79 Å². The molecule has 7 heteroatoms. The number of thiazole rings is 1. The van der Waals surface area contributed by atoms with Crippen molar-refractivity contribution in [3.05, 3.63) is 45.4 Å². The summed E-state index contributed by atoms with van der Waals surface area (Å²) in [5, 5.41) is 6.71. The largest absolute Gasteiger partial charge is 0.486 e. The first kappa shape index (κ1) is 19.1. The van der Waals surface area contributed by atoms with Gasteiger partial charge in [0.15, 0.2) is 0 Å². The van der Waals surface area contributed by atoms with Crippen molar-refractivity contribution in [2.45, 2.75) is 25.9 Å². The van der Waals surface area contributed by atoms with Gasteiger partial charge in [-0.2, -0.15) is 0 Å². The van der Waals surface area contributed by atoms with E-state index in [-0.39, 0.29) is 5.91 Å². The number of aromatic nitrogens is 1. The Labute approximate surface area is 163 Å². The summed E-state index contributed by atoms with van der Waals surface area (Å²) in [5.74, 6) is 1.48. The number of carbonyl (C=O) groups is 1. The number of piperidine rings is 1. The Morgan fingerprint density at radius 2 is 2.23 bits per heavy atom. The van der Waals surface area contributed by atoms with Crippen molar-refractivity contribution < 1.29 is 9.53 Å². The molecule has 1 aromatic heterocycles. The van der Waals surface area contributed by atoms with Crippen LogP contribution in [0.3, 0.4) is 0 Å². The average Bonchev–Trinajstić information content (AvgIpc) is 3.09. The molecule has 0 bridgehead atoms. The van der Waals surface area contributed by atoms with Gasteiger partial charge in [0.25, 0.3) is 0 Å². The van der Waals surface area contributed by atoms with Crippen molar-refractivity contribution in [3.63, 3.8) is 0 Å². The summed E-state index contributed by atoms with van der Waals surface area (Å²) in [6, 6.07) is 7.25. The Bertz CT molecular complexity index is 718. The van der Waals surface area contributed by atoms with Crippen molar-refractivity contribution in [2.24, 2.45) is 5.92 Å². The molecule has 0 radical (unpaired) electrons. The van der Waals surface area contributed by atoms with Crippen LogP contribution in [-0.4, -0.2) is 42.5 Å². The van der Waals surface area contributed by atoms with Crippen molar-refractivity contribution in [1.82, 2.24) is 15.2 Å². The highest BCUT2D eigenvalue weighted by molar-refractivity contribution is 7.09. The SMILES string of the molecule is CNCC1CCCN(C(=O)Cc2csc(COc3ccc(Cl)cc3)n2)C1. The van der Waals surface area contributed by atoms with Gasteiger partial charge in [-0.05, 0) is 56.6 Å². The molecule has 5 nitrogen and oxygen atoms in total. The van der Waals surface area contributed by atoms with Gasteiger partial charge in [-0.25, -0.2) is 4.98 Å². The second-order valence-electron chi connectivity index (χ2n) is 6.56. The van der Waals surface area contributed by atoms with Crippen LogP contribution in [-0.2, 0) is 17.8 Å². The van der Waals surface area contributed by atoms with E-state index in [4.69, 9.17) is 16.3 Å². The highest BCUT2D eigenvalue weighted by Gasteiger charge is 2.23. The highest BCUT2D eigenvalue weighted by Crippen LogP contribution is 2.20. The van der Waals surface area contributed by atoms with Crippen LogP contribution in [0.2, 0.25) is 5.02 Å². The second kappa shape index (κ2) is 9.35. The van der Waals surface area contributed by atoms with Crippen LogP contribution in [0, 0.1) is 5.92 Å². The zero-order valence-corrected chi connectivity index (χ0v) is 16.5. The maximum atomic E-state index is 12.6. The lowest BCUT2D eigenvalue weighted by molar-refractivity contribution is -0.132. The number of halogens is 1. The number of benzene rings is 1. The van der Waals surface area contributed by atoms with Crippen molar-refractivity contribution in [1.29, 1.82) is 0 Å². The van der Waals surface area contributed by atoms with E-state index in [0.717, 1.165) is 42.5 Å². The first-order valence-electron chi connectivity index (χ1n) is 8.88. The van der Waals surface area contributed by atoms with Gasteiger partial charge >= 0.3 is 0 Å². The molecule has 1 aromatic carbocycles. The van der Waals surface area contributed by atoms with Crippen LogP contribution in [0.5, 0.6) is 5.75 Å². The van der Waals surface area contributed by atoms with Crippen LogP contribution >= 0.6 is 22.9 Å². The van der Waals surface area contributed by atoms with E-state index >= 15 is 0 Å². The summed E-state index contributed by atoms with van der Waals surface area (Å²) >= 11 is 7.39. The first-order valence-corrected chi connectivity index (χ1v) is 10.1. The molecule has 140 valence electrons. The molecule has 3 rings (SSSR count). The first-order chi connectivity index (χ1) is 12.6. The minimum atomic E-state index is 0.168. The lowest BCUT2D eigenvalue weighted by Crippen LogP contribution is -2.43. The number of hydrogen-bond donors (Lipinski definition) is 1. The molecule has 1 amide bonds. The molecule has 2 heterocycles. The molecular weight excluding hydrogens is 370 g/mol. The fraction of sp³-hybridized carbons (Fsp3) is 0.474. The van der Waals surface area contributed by atoms with Gasteiger partial charge in [0.2, 0.25) is 5.91 Å². The fourth-order valence-corrected chi connectivity index (χ4v) is 4.02. The van der Waals surface area contributed by atoms with Gasteiger partial charge in [-0.15, -0.1) is 11.3 Å². The van der Waals surface area contributed by atoms with Gasteiger partial charge in [0, 0.05) is 23.5 Å². The van der Waals surface area contributed by atoms with Crippen LogP contribution in [0.25, 0.3) is 0 Å². The summed E-state index contributed by atoms with van der Waals surface area (Å²) in [5.41, 5.74) is 0.824. The molecule has 1 fully saturated rings. The molecule has 26 heavy (non-hydrogen) atoms. The summed E-state index contributed by atoms with van der Waals surface area (Å²) in [7, 11) is 1.96. The highest BCUT2D eigenvalue weighted by atomic mass is 35.5. The molecule has 1 aliphatic heterocycles. The molecular formula is C19H24ClN3O2S. The smallest absolute Gasteiger partial charge is 0.228 e. The number of rotatable bonds is 7. The third-order valence-electron chi connectivity index (χ3n) is 4.47. The number of nitrogens with zero attached hydrogens (tertiary/aromatic N) is 2. The summed E-state index contributed by atoms with van der Waals surface area (Å²) in [6.45, 7) is 3.06. The van der Waals surface area contributed by atoms with Crippen LogP contribution in [0.15, 0.2) is 29.6 Å². The maximum absolute atomic E-state index is 12.6. The summed E-state index contributed by atoms with van der Waals surface area (Å²) < 4.78 is 5.71.